The Hall–Kier alpha value is -3.36. The van der Waals surface area contributed by atoms with Crippen LogP contribution in [0.5, 0.6) is 0 Å². The largest absolute Gasteiger partial charge is 0.444 e. The molecule has 9 nitrogen and oxygen atoms in total. The Morgan fingerprint density at radius 3 is 2.71 bits per heavy atom. The summed E-state index contributed by atoms with van der Waals surface area (Å²) in [4.78, 5) is 41.0. The molecule has 0 saturated carbocycles. The summed E-state index contributed by atoms with van der Waals surface area (Å²) in [5.74, 6) is -0.401. The van der Waals surface area contributed by atoms with Gasteiger partial charge in [-0.1, -0.05) is 30.3 Å². The van der Waals surface area contributed by atoms with Crippen molar-refractivity contribution < 1.29 is 19.1 Å². The lowest BCUT2D eigenvalue weighted by atomic mass is 9.93. The van der Waals surface area contributed by atoms with E-state index in [2.05, 4.69) is 20.8 Å². The number of benzene rings is 1. The molecule has 1 aromatic heterocycles. The van der Waals surface area contributed by atoms with Gasteiger partial charge >= 0.3 is 6.09 Å². The van der Waals surface area contributed by atoms with Gasteiger partial charge in [0.2, 0.25) is 11.8 Å². The number of nitrogens with one attached hydrogen (secondary N) is 3. The summed E-state index contributed by atoms with van der Waals surface area (Å²) < 4.78 is 5.41. The molecule has 1 saturated heterocycles. The molecule has 0 bridgehead atoms. The zero-order valence-corrected chi connectivity index (χ0v) is 20.7. The summed E-state index contributed by atoms with van der Waals surface area (Å²) in [5, 5.41) is 13.0. The van der Waals surface area contributed by atoms with Crippen molar-refractivity contribution in [1.29, 1.82) is 0 Å². The van der Waals surface area contributed by atoms with E-state index >= 15 is 0 Å². The van der Waals surface area contributed by atoms with Crippen molar-refractivity contribution in [3.63, 3.8) is 0 Å². The van der Waals surface area contributed by atoms with Crippen molar-refractivity contribution in [2.24, 2.45) is 0 Å². The molecular weight excluding hydrogens is 446 g/mol. The number of hydrogen-bond donors (Lipinski definition) is 3. The lowest BCUT2D eigenvalue weighted by Gasteiger charge is -2.31. The lowest BCUT2D eigenvalue weighted by molar-refractivity contribution is -0.140. The maximum Gasteiger partial charge on any atom is 0.408 e. The normalized spacial score (nSPS) is 20.6. The first-order chi connectivity index (χ1) is 16.7. The number of nitrogens with zero attached hydrogens (tertiary/aromatic N) is 2. The SMILES string of the molecule is CC(C)(C)OC(=O)NC(Cc1ccccc1)C(=O)N1CCCC1C(=O)NC1CCc2[nH]ncc2C1. The van der Waals surface area contributed by atoms with E-state index in [9.17, 15) is 14.4 Å². The Kier molecular flexibility index (Phi) is 7.42. The monoisotopic (exact) mass is 481 g/mol. The number of likely N-dealkylation sites (tertiary alicyclic amines) is 1. The molecule has 188 valence electrons. The standard InChI is InChI=1S/C26H35N5O4/c1-26(2,3)35-25(34)29-21(14-17-8-5-4-6-9-17)24(33)31-13-7-10-22(31)23(32)28-19-11-12-20-18(15-19)16-27-30-20/h4-6,8-9,16,19,21-22H,7,10-15H2,1-3H3,(H,27,30)(H,28,32)(H,29,34). The quantitative estimate of drug-likeness (QED) is 0.586. The number of carbonyl (C=O) groups excluding carboxylic acids is 3. The van der Waals surface area contributed by atoms with E-state index in [0.717, 1.165) is 42.5 Å². The van der Waals surface area contributed by atoms with E-state index in [1.165, 1.54) is 0 Å². The van der Waals surface area contributed by atoms with Gasteiger partial charge in [0.15, 0.2) is 0 Å². The van der Waals surface area contributed by atoms with Gasteiger partial charge in [-0.2, -0.15) is 5.10 Å². The predicted molar refractivity (Wildman–Crippen MR) is 131 cm³/mol. The van der Waals surface area contributed by atoms with E-state index < -0.39 is 23.8 Å². The number of aryl methyl sites for hydroxylation is 1. The minimum absolute atomic E-state index is 0.0187. The van der Waals surface area contributed by atoms with Gasteiger partial charge in [-0.25, -0.2) is 4.79 Å². The highest BCUT2D eigenvalue weighted by Crippen LogP contribution is 2.23. The molecule has 0 spiro atoms. The number of fused-ring (bicyclic) bond motifs is 1. The fraction of sp³-hybridized carbons (Fsp3) is 0.538. The van der Waals surface area contributed by atoms with Crippen molar-refractivity contribution in [2.75, 3.05) is 6.54 Å². The molecule has 3 N–H and O–H groups in total. The number of aromatic nitrogens is 2. The fourth-order valence-corrected chi connectivity index (χ4v) is 4.84. The van der Waals surface area contributed by atoms with Crippen molar-refractivity contribution in [3.8, 4) is 0 Å². The van der Waals surface area contributed by atoms with Crippen LogP contribution in [0.3, 0.4) is 0 Å². The first-order valence-electron chi connectivity index (χ1n) is 12.3. The molecular formula is C26H35N5O4. The van der Waals surface area contributed by atoms with Crippen LogP contribution >= 0.6 is 0 Å². The van der Waals surface area contributed by atoms with Gasteiger partial charge in [0.1, 0.15) is 17.7 Å². The maximum atomic E-state index is 13.7. The minimum atomic E-state index is -0.830. The smallest absolute Gasteiger partial charge is 0.408 e. The summed E-state index contributed by atoms with van der Waals surface area (Å²) in [6.45, 7) is 5.81. The lowest BCUT2D eigenvalue weighted by Crippen LogP contribution is -2.55. The molecule has 1 aromatic carbocycles. The second-order valence-corrected chi connectivity index (χ2v) is 10.4. The van der Waals surface area contributed by atoms with Gasteiger partial charge in [0, 0.05) is 24.7 Å². The molecule has 3 unspecified atom stereocenters. The second kappa shape index (κ2) is 10.5. The van der Waals surface area contributed by atoms with Crippen molar-refractivity contribution in [2.45, 2.75) is 83.0 Å². The highest BCUT2D eigenvalue weighted by molar-refractivity contribution is 5.92. The summed E-state index contributed by atoms with van der Waals surface area (Å²) >= 11 is 0. The van der Waals surface area contributed by atoms with Crippen molar-refractivity contribution >= 4 is 17.9 Å². The Labute approximate surface area is 206 Å². The van der Waals surface area contributed by atoms with Gasteiger partial charge in [-0.3, -0.25) is 14.7 Å². The Bertz CT molecular complexity index is 1050. The van der Waals surface area contributed by atoms with Crippen LogP contribution in [0.4, 0.5) is 4.79 Å². The molecule has 2 aromatic rings. The van der Waals surface area contributed by atoms with Crippen molar-refractivity contribution in [3.05, 3.63) is 53.3 Å². The number of carbonyl (C=O) groups is 3. The van der Waals surface area contributed by atoms with E-state index in [1.54, 1.807) is 25.7 Å². The van der Waals surface area contributed by atoms with E-state index in [1.807, 2.05) is 36.5 Å². The highest BCUT2D eigenvalue weighted by atomic mass is 16.6. The van der Waals surface area contributed by atoms with Crippen LogP contribution in [0.2, 0.25) is 0 Å². The van der Waals surface area contributed by atoms with Gasteiger partial charge in [0.25, 0.3) is 0 Å². The van der Waals surface area contributed by atoms with E-state index in [4.69, 9.17) is 4.74 Å². The van der Waals surface area contributed by atoms with E-state index in [-0.39, 0.29) is 17.9 Å². The Balaban J connectivity index is 1.44. The summed E-state index contributed by atoms with van der Waals surface area (Å²) in [6.07, 6.45) is 5.23. The second-order valence-electron chi connectivity index (χ2n) is 10.4. The van der Waals surface area contributed by atoms with Crippen LogP contribution in [0.1, 0.15) is 56.9 Å². The van der Waals surface area contributed by atoms with Gasteiger partial charge in [0.05, 0.1) is 6.20 Å². The van der Waals surface area contributed by atoms with E-state index in [0.29, 0.717) is 19.4 Å². The molecule has 1 aliphatic carbocycles. The Morgan fingerprint density at radius 2 is 1.97 bits per heavy atom. The summed E-state index contributed by atoms with van der Waals surface area (Å²) in [5.41, 5.74) is 2.49. The third kappa shape index (κ3) is 6.41. The van der Waals surface area contributed by atoms with Crippen LogP contribution < -0.4 is 10.6 Å². The van der Waals surface area contributed by atoms with Crippen LogP contribution in [-0.4, -0.2) is 63.3 Å². The van der Waals surface area contributed by atoms with Crippen LogP contribution in [-0.2, 0) is 33.6 Å². The number of aromatic amines is 1. The molecule has 3 atom stereocenters. The van der Waals surface area contributed by atoms with Gasteiger partial charge in [-0.05, 0) is 64.0 Å². The molecule has 4 rings (SSSR count). The molecule has 1 fully saturated rings. The van der Waals surface area contributed by atoms with Gasteiger partial charge < -0.3 is 20.3 Å². The number of amides is 3. The fourth-order valence-electron chi connectivity index (χ4n) is 4.84. The zero-order chi connectivity index (χ0) is 25.0. The first kappa shape index (κ1) is 24.8. The third-order valence-electron chi connectivity index (χ3n) is 6.47. The highest BCUT2D eigenvalue weighted by Gasteiger charge is 2.39. The first-order valence-corrected chi connectivity index (χ1v) is 12.3. The van der Waals surface area contributed by atoms with Crippen LogP contribution in [0.15, 0.2) is 36.5 Å². The zero-order valence-electron chi connectivity index (χ0n) is 20.7. The number of ether oxygens (including phenoxy) is 1. The maximum absolute atomic E-state index is 13.7. The summed E-state index contributed by atoms with van der Waals surface area (Å²) in [6, 6.07) is 8.16. The molecule has 3 amide bonds. The average molecular weight is 482 g/mol. The van der Waals surface area contributed by atoms with Gasteiger partial charge in [-0.15, -0.1) is 0 Å². The molecule has 0 radical (unpaired) electrons. The topological polar surface area (TPSA) is 116 Å². The molecule has 35 heavy (non-hydrogen) atoms. The molecule has 2 heterocycles. The van der Waals surface area contributed by atoms with Crippen LogP contribution in [0, 0.1) is 0 Å². The number of rotatable bonds is 6. The Morgan fingerprint density at radius 1 is 1.20 bits per heavy atom. The molecule has 2 aliphatic rings. The third-order valence-corrected chi connectivity index (χ3v) is 6.47. The molecule has 9 heteroatoms. The number of H-pyrrole nitrogens is 1. The van der Waals surface area contributed by atoms with Crippen molar-refractivity contribution in [1.82, 2.24) is 25.7 Å². The predicted octanol–water partition coefficient (Wildman–Crippen LogP) is 2.51. The molecule has 1 aliphatic heterocycles. The van der Waals surface area contributed by atoms with Crippen LogP contribution in [0.25, 0.3) is 0 Å². The average Bonchev–Trinajstić information content (AvgIpc) is 3.47. The number of hydrogen-bond acceptors (Lipinski definition) is 5. The minimum Gasteiger partial charge on any atom is -0.444 e. The number of alkyl carbamates (subject to hydrolysis) is 1. The summed E-state index contributed by atoms with van der Waals surface area (Å²) in [7, 11) is 0.